The molecule has 1 heterocycles. The standard InChI is InChI=1S/C15H16N2O2/c1-9-10(2)16(3)8-15-13(9)6-11-4-5-12(17(18)19)7-14(11)15/h4-5,7H,6,8H2,1-3H3. The Balaban J connectivity index is 2.14. The number of allylic oxidation sites excluding steroid dienone is 3. The van der Waals surface area contributed by atoms with E-state index in [2.05, 4.69) is 25.8 Å². The third-order valence-corrected chi connectivity index (χ3v) is 4.32. The lowest BCUT2D eigenvalue weighted by Gasteiger charge is -2.29. The first kappa shape index (κ1) is 12.0. The summed E-state index contributed by atoms with van der Waals surface area (Å²) in [6.45, 7) is 5.11. The lowest BCUT2D eigenvalue weighted by atomic mass is 9.96. The Morgan fingerprint density at radius 3 is 2.68 bits per heavy atom. The van der Waals surface area contributed by atoms with Crippen LogP contribution in [0.5, 0.6) is 0 Å². The first-order valence-corrected chi connectivity index (χ1v) is 6.37. The highest BCUT2D eigenvalue weighted by Gasteiger charge is 2.29. The average Bonchev–Trinajstić information content (AvgIpc) is 2.74. The Morgan fingerprint density at radius 1 is 1.26 bits per heavy atom. The summed E-state index contributed by atoms with van der Waals surface area (Å²) in [5.74, 6) is 0. The Labute approximate surface area is 112 Å². The number of likely N-dealkylation sites (N-methyl/N-ethyl adjacent to an activating group) is 1. The van der Waals surface area contributed by atoms with Gasteiger partial charge in [0.25, 0.3) is 5.69 Å². The van der Waals surface area contributed by atoms with Gasteiger partial charge >= 0.3 is 0 Å². The van der Waals surface area contributed by atoms with Gasteiger partial charge in [0, 0.05) is 31.4 Å². The third-order valence-electron chi connectivity index (χ3n) is 4.32. The van der Waals surface area contributed by atoms with Gasteiger partial charge in [-0.15, -0.1) is 0 Å². The molecule has 4 nitrogen and oxygen atoms in total. The van der Waals surface area contributed by atoms with Gasteiger partial charge in [-0.3, -0.25) is 10.1 Å². The molecule has 3 rings (SSSR count). The molecule has 19 heavy (non-hydrogen) atoms. The van der Waals surface area contributed by atoms with Crippen LogP contribution in [0, 0.1) is 10.1 Å². The fourth-order valence-electron chi connectivity index (χ4n) is 2.97. The highest BCUT2D eigenvalue weighted by atomic mass is 16.6. The molecule has 0 atom stereocenters. The van der Waals surface area contributed by atoms with Crippen LogP contribution in [-0.4, -0.2) is 23.4 Å². The van der Waals surface area contributed by atoms with Gasteiger partial charge in [-0.25, -0.2) is 0 Å². The normalized spacial score (nSPS) is 17.7. The van der Waals surface area contributed by atoms with Crippen LogP contribution < -0.4 is 0 Å². The molecule has 1 aromatic rings. The second kappa shape index (κ2) is 3.95. The van der Waals surface area contributed by atoms with Crippen molar-refractivity contribution in [2.45, 2.75) is 20.3 Å². The van der Waals surface area contributed by atoms with Crippen LogP contribution in [0.1, 0.15) is 25.0 Å². The van der Waals surface area contributed by atoms with Gasteiger partial charge in [0.2, 0.25) is 0 Å². The summed E-state index contributed by atoms with van der Waals surface area (Å²) >= 11 is 0. The van der Waals surface area contributed by atoms with E-state index in [4.69, 9.17) is 0 Å². The van der Waals surface area contributed by atoms with Gasteiger partial charge in [-0.2, -0.15) is 0 Å². The van der Waals surface area contributed by atoms with Crippen LogP contribution in [0.25, 0.3) is 5.57 Å². The van der Waals surface area contributed by atoms with Crippen molar-refractivity contribution in [1.29, 1.82) is 0 Å². The molecule has 0 unspecified atom stereocenters. The summed E-state index contributed by atoms with van der Waals surface area (Å²) < 4.78 is 0. The number of hydrogen-bond acceptors (Lipinski definition) is 3. The largest absolute Gasteiger partial charge is 0.374 e. The SMILES string of the molecule is CC1=C(C)N(C)CC2=C1Cc1ccc([N+](=O)[O-])cc12. The van der Waals surface area contributed by atoms with Gasteiger partial charge in [0.1, 0.15) is 0 Å². The van der Waals surface area contributed by atoms with E-state index in [0.717, 1.165) is 18.5 Å². The van der Waals surface area contributed by atoms with Crippen LogP contribution in [0.15, 0.2) is 35.0 Å². The van der Waals surface area contributed by atoms with Crippen molar-refractivity contribution in [2.24, 2.45) is 0 Å². The van der Waals surface area contributed by atoms with E-state index in [0.29, 0.717) is 0 Å². The maximum absolute atomic E-state index is 10.9. The molecule has 0 spiro atoms. The fraction of sp³-hybridized carbons (Fsp3) is 0.333. The van der Waals surface area contributed by atoms with Gasteiger partial charge in [0.05, 0.1) is 4.92 Å². The minimum atomic E-state index is -0.320. The van der Waals surface area contributed by atoms with E-state index in [1.807, 2.05) is 6.07 Å². The van der Waals surface area contributed by atoms with Crippen LogP contribution in [0.4, 0.5) is 5.69 Å². The highest BCUT2D eigenvalue weighted by Crippen LogP contribution is 2.42. The number of hydrogen-bond donors (Lipinski definition) is 0. The van der Waals surface area contributed by atoms with Gasteiger partial charge in [0.15, 0.2) is 0 Å². The molecule has 0 radical (unpaired) electrons. The zero-order chi connectivity index (χ0) is 13.7. The molecule has 1 aliphatic heterocycles. The van der Waals surface area contributed by atoms with Gasteiger partial charge in [-0.05, 0) is 48.1 Å². The van der Waals surface area contributed by atoms with Crippen LogP contribution in [0.3, 0.4) is 0 Å². The zero-order valence-corrected chi connectivity index (χ0v) is 11.4. The maximum Gasteiger partial charge on any atom is 0.270 e. The quantitative estimate of drug-likeness (QED) is 0.573. The zero-order valence-electron chi connectivity index (χ0n) is 11.4. The van der Waals surface area contributed by atoms with Crippen LogP contribution in [-0.2, 0) is 6.42 Å². The van der Waals surface area contributed by atoms with E-state index in [1.54, 1.807) is 12.1 Å². The molecule has 2 aliphatic rings. The van der Waals surface area contributed by atoms with E-state index in [-0.39, 0.29) is 10.6 Å². The summed E-state index contributed by atoms with van der Waals surface area (Å²) in [6.07, 6.45) is 0.902. The van der Waals surface area contributed by atoms with Crippen molar-refractivity contribution in [2.75, 3.05) is 13.6 Å². The minimum absolute atomic E-state index is 0.180. The van der Waals surface area contributed by atoms with Crippen molar-refractivity contribution in [1.82, 2.24) is 4.90 Å². The van der Waals surface area contributed by atoms with Crippen LogP contribution >= 0.6 is 0 Å². The topological polar surface area (TPSA) is 46.4 Å². The molecule has 1 aromatic carbocycles. The van der Waals surface area contributed by atoms with E-state index < -0.39 is 0 Å². The minimum Gasteiger partial charge on any atom is -0.374 e. The average molecular weight is 256 g/mol. The Hall–Kier alpha value is -2.10. The van der Waals surface area contributed by atoms with Gasteiger partial charge < -0.3 is 4.90 Å². The number of rotatable bonds is 1. The molecule has 0 saturated carbocycles. The second-order valence-electron chi connectivity index (χ2n) is 5.30. The highest BCUT2D eigenvalue weighted by molar-refractivity contribution is 5.83. The Morgan fingerprint density at radius 2 is 2.00 bits per heavy atom. The number of fused-ring (bicyclic) bond motifs is 2. The lowest BCUT2D eigenvalue weighted by Crippen LogP contribution is -2.23. The molecular weight excluding hydrogens is 240 g/mol. The summed E-state index contributed by atoms with van der Waals surface area (Å²) in [5, 5.41) is 10.9. The number of nitrogens with zero attached hydrogens (tertiary/aromatic N) is 2. The fourth-order valence-corrected chi connectivity index (χ4v) is 2.97. The van der Waals surface area contributed by atoms with Gasteiger partial charge in [-0.1, -0.05) is 6.07 Å². The second-order valence-corrected chi connectivity index (χ2v) is 5.30. The molecule has 0 aromatic heterocycles. The monoisotopic (exact) mass is 256 g/mol. The molecular formula is C15H16N2O2. The molecule has 0 bridgehead atoms. The van der Waals surface area contributed by atoms with Crippen molar-refractivity contribution in [3.63, 3.8) is 0 Å². The first-order valence-electron chi connectivity index (χ1n) is 6.37. The lowest BCUT2D eigenvalue weighted by molar-refractivity contribution is -0.384. The maximum atomic E-state index is 10.9. The summed E-state index contributed by atoms with van der Waals surface area (Å²) in [7, 11) is 2.07. The predicted octanol–water partition coefficient (Wildman–Crippen LogP) is 3.14. The van der Waals surface area contributed by atoms with E-state index in [1.165, 1.54) is 28.0 Å². The molecule has 98 valence electrons. The number of nitro benzene ring substituents is 1. The van der Waals surface area contributed by atoms with E-state index in [9.17, 15) is 10.1 Å². The summed E-state index contributed by atoms with van der Waals surface area (Å²) in [6, 6.07) is 5.22. The smallest absolute Gasteiger partial charge is 0.270 e. The summed E-state index contributed by atoms with van der Waals surface area (Å²) in [4.78, 5) is 12.8. The summed E-state index contributed by atoms with van der Waals surface area (Å²) in [5.41, 5.74) is 7.65. The number of benzene rings is 1. The molecule has 0 saturated heterocycles. The molecule has 1 aliphatic carbocycles. The third kappa shape index (κ3) is 1.67. The number of non-ortho nitro benzene ring substituents is 1. The Kier molecular flexibility index (Phi) is 2.49. The first-order chi connectivity index (χ1) is 8.99. The number of nitro groups is 1. The van der Waals surface area contributed by atoms with E-state index >= 15 is 0 Å². The molecule has 4 heteroatoms. The van der Waals surface area contributed by atoms with Crippen molar-refractivity contribution in [3.05, 3.63) is 56.3 Å². The Bertz CT molecular complexity index is 656. The molecule has 0 fully saturated rings. The molecule has 0 N–H and O–H groups in total. The van der Waals surface area contributed by atoms with Crippen molar-refractivity contribution in [3.8, 4) is 0 Å². The van der Waals surface area contributed by atoms with Crippen molar-refractivity contribution >= 4 is 11.3 Å². The molecule has 0 amide bonds. The predicted molar refractivity (Wildman–Crippen MR) is 74.7 cm³/mol. The van der Waals surface area contributed by atoms with Crippen molar-refractivity contribution < 1.29 is 4.92 Å². The van der Waals surface area contributed by atoms with Crippen LogP contribution in [0.2, 0.25) is 0 Å².